The number of anilines is 1. The summed E-state index contributed by atoms with van der Waals surface area (Å²) in [6.07, 6.45) is 4.14. The predicted octanol–water partition coefficient (Wildman–Crippen LogP) is 4.08. The van der Waals surface area contributed by atoms with Crippen molar-refractivity contribution in [2.24, 2.45) is 0 Å². The third-order valence-electron chi connectivity index (χ3n) is 4.97. The zero-order valence-electron chi connectivity index (χ0n) is 18.0. The number of ether oxygens (including phenoxy) is 1. The Morgan fingerprint density at radius 3 is 2.64 bits per heavy atom. The number of amides is 1. The van der Waals surface area contributed by atoms with Gasteiger partial charge in [0.15, 0.2) is 0 Å². The number of nitrogens with zero attached hydrogens (tertiary/aromatic N) is 1. The number of carbonyl (C=O) groups is 1. The molecule has 0 atom stereocenters. The minimum atomic E-state index is -3.80. The summed E-state index contributed by atoms with van der Waals surface area (Å²) >= 11 is 0. The van der Waals surface area contributed by atoms with E-state index in [9.17, 15) is 13.2 Å². The Morgan fingerprint density at radius 1 is 1.06 bits per heavy atom. The van der Waals surface area contributed by atoms with Crippen molar-refractivity contribution in [3.8, 4) is 5.75 Å². The second-order valence-corrected chi connectivity index (χ2v) is 9.06. The molecule has 1 amide bonds. The lowest BCUT2D eigenvalue weighted by Crippen LogP contribution is -2.24. The van der Waals surface area contributed by atoms with Gasteiger partial charge in [-0.15, -0.1) is 0 Å². The van der Waals surface area contributed by atoms with Gasteiger partial charge < -0.3 is 15.0 Å². The van der Waals surface area contributed by atoms with Crippen LogP contribution in [0.15, 0.2) is 78.0 Å². The molecular formula is C24H24N4O4S. The minimum Gasteiger partial charge on any atom is -0.491 e. The van der Waals surface area contributed by atoms with E-state index in [1.807, 2.05) is 6.92 Å². The highest BCUT2D eigenvalue weighted by atomic mass is 32.2. The van der Waals surface area contributed by atoms with Crippen molar-refractivity contribution in [3.63, 3.8) is 0 Å². The number of sulfonamides is 1. The van der Waals surface area contributed by atoms with E-state index in [0.29, 0.717) is 23.7 Å². The molecule has 0 aliphatic carbocycles. The summed E-state index contributed by atoms with van der Waals surface area (Å²) in [6, 6.07) is 16.9. The molecule has 2 heterocycles. The van der Waals surface area contributed by atoms with Gasteiger partial charge in [0.2, 0.25) is 0 Å². The molecule has 2 aromatic carbocycles. The van der Waals surface area contributed by atoms with Crippen molar-refractivity contribution in [2.75, 3.05) is 11.3 Å². The van der Waals surface area contributed by atoms with Crippen molar-refractivity contribution in [2.45, 2.75) is 24.8 Å². The van der Waals surface area contributed by atoms with E-state index in [0.717, 1.165) is 22.9 Å². The van der Waals surface area contributed by atoms with Crippen LogP contribution in [-0.2, 0) is 16.6 Å². The lowest BCUT2D eigenvalue weighted by Gasteiger charge is -2.13. The highest BCUT2D eigenvalue weighted by Crippen LogP contribution is 2.27. The van der Waals surface area contributed by atoms with Gasteiger partial charge in [-0.05, 0) is 48.4 Å². The Hall–Kier alpha value is -3.85. The van der Waals surface area contributed by atoms with Gasteiger partial charge in [0.25, 0.3) is 15.9 Å². The maximum atomic E-state index is 12.8. The van der Waals surface area contributed by atoms with Crippen LogP contribution in [0, 0.1) is 0 Å². The Kier molecular flexibility index (Phi) is 6.60. The third kappa shape index (κ3) is 5.15. The molecule has 33 heavy (non-hydrogen) atoms. The average molecular weight is 465 g/mol. The van der Waals surface area contributed by atoms with Crippen LogP contribution >= 0.6 is 0 Å². The van der Waals surface area contributed by atoms with Crippen LogP contribution in [-0.4, -0.2) is 30.9 Å². The number of fused-ring (bicyclic) bond motifs is 1. The van der Waals surface area contributed by atoms with Crippen LogP contribution in [0.3, 0.4) is 0 Å². The van der Waals surface area contributed by atoms with Gasteiger partial charge in [-0.25, -0.2) is 8.42 Å². The molecule has 9 heteroatoms. The smallest absolute Gasteiger partial charge is 0.270 e. The molecule has 8 nitrogen and oxygen atoms in total. The summed E-state index contributed by atoms with van der Waals surface area (Å²) in [5.41, 5.74) is 2.31. The number of pyridine rings is 1. The fraction of sp³-hybridized carbons (Fsp3) is 0.167. The van der Waals surface area contributed by atoms with Gasteiger partial charge in [0, 0.05) is 29.8 Å². The second-order valence-electron chi connectivity index (χ2n) is 7.38. The van der Waals surface area contributed by atoms with Crippen molar-refractivity contribution in [3.05, 3.63) is 84.3 Å². The summed E-state index contributed by atoms with van der Waals surface area (Å²) in [7, 11) is -3.80. The van der Waals surface area contributed by atoms with Crippen LogP contribution in [0.5, 0.6) is 5.75 Å². The first kappa shape index (κ1) is 22.3. The van der Waals surface area contributed by atoms with Crippen molar-refractivity contribution < 1.29 is 17.9 Å². The minimum absolute atomic E-state index is 0.113. The summed E-state index contributed by atoms with van der Waals surface area (Å²) in [5.74, 6) is 0.176. The number of nitrogens with one attached hydrogen (secondary N) is 3. The Labute approximate surface area is 192 Å². The van der Waals surface area contributed by atoms with E-state index in [1.165, 1.54) is 12.1 Å². The highest BCUT2D eigenvalue weighted by molar-refractivity contribution is 7.92. The van der Waals surface area contributed by atoms with Gasteiger partial charge >= 0.3 is 0 Å². The average Bonchev–Trinajstić information content (AvgIpc) is 3.31. The van der Waals surface area contributed by atoms with Crippen LogP contribution in [0.4, 0.5) is 5.69 Å². The zero-order valence-corrected chi connectivity index (χ0v) is 18.9. The third-order valence-corrected chi connectivity index (χ3v) is 6.36. The largest absolute Gasteiger partial charge is 0.491 e. The van der Waals surface area contributed by atoms with Gasteiger partial charge in [-0.1, -0.05) is 31.2 Å². The molecule has 4 aromatic rings. The van der Waals surface area contributed by atoms with Crippen molar-refractivity contribution in [1.82, 2.24) is 15.3 Å². The summed E-state index contributed by atoms with van der Waals surface area (Å²) in [4.78, 5) is 19.9. The monoisotopic (exact) mass is 464 g/mol. The number of hydrogen-bond acceptors (Lipinski definition) is 5. The first-order valence-corrected chi connectivity index (χ1v) is 12.0. The zero-order chi connectivity index (χ0) is 23.3. The number of aromatic amines is 1. The van der Waals surface area contributed by atoms with Crippen LogP contribution in [0.25, 0.3) is 10.9 Å². The molecule has 2 aromatic heterocycles. The number of para-hydroxylation sites is 2. The molecule has 170 valence electrons. The second kappa shape index (κ2) is 9.74. The summed E-state index contributed by atoms with van der Waals surface area (Å²) in [6.45, 7) is 2.71. The molecule has 0 fully saturated rings. The number of H-pyrrole nitrogens is 1. The van der Waals surface area contributed by atoms with Crippen LogP contribution in [0.2, 0.25) is 0 Å². The van der Waals surface area contributed by atoms with E-state index in [1.54, 1.807) is 60.9 Å². The molecule has 4 rings (SSSR count). The molecule has 0 saturated heterocycles. The van der Waals surface area contributed by atoms with E-state index in [4.69, 9.17) is 4.74 Å². The lowest BCUT2D eigenvalue weighted by atomic mass is 10.2. The number of hydrogen-bond donors (Lipinski definition) is 3. The maximum absolute atomic E-state index is 12.8. The number of benzene rings is 2. The first-order chi connectivity index (χ1) is 16.0. The van der Waals surface area contributed by atoms with Gasteiger partial charge in [0.05, 0.1) is 17.2 Å². The fourth-order valence-electron chi connectivity index (χ4n) is 3.31. The van der Waals surface area contributed by atoms with Gasteiger partial charge in [0.1, 0.15) is 11.4 Å². The van der Waals surface area contributed by atoms with Crippen molar-refractivity contribution >= 4 is 32.5 Å². The lowest BCUT2D eigenvalue weighted by molar-refractivity contribution is 0.0947. The molecule has 0 spiro atoms. The quantitative estimate of drug-likeness (QED) is 0.345. The van der Waals surface area contributed by atoms with Crippen LogP contribution < -0.4 is 14.8 Å². The maximum Gasteiger partial charge on any atom is 0.270 e. The number of rotatable bonds is 9. The first-order valence-electron chi connectivity index (χ1n) is 10.5. The highest BCUT2D eigenvalue weighted by Gasteiger charge is 2.17. The van der Waals surface area contributed by atoms with E-state index in [-0.39, 0.29) is 17.3 Å². The normalized spacial score (nSPS) is 11.3. The van der Waals surface area contributed by atoms with E-state index < -0.39 is 10.0 Å². The molecule has 0 aliphatic heterocycles. The van der Waals surface area contributed by atoms with E-state index >= 15 is 0 Å². The van der Waals surface area contributed by atoms with Gasteiger partial charge in [-0.2, -0.15) is 0 Å². The van der Waals surface area contributed by atoms with Crippen LogP contribution in [0.1, 0.15) is 29.4 Å². The molecule has 0 radical (unpaired) electrons. The van der Waals surface area contributed by atoms with E-state index in [2.05, 4.69) is 20.0 Å². The summed E-state index contributed by atoms with van der Waals surface area (Å²) < 4.78 is 33.9. The number of aromatic nitrogens is 2. The molecule has 0 bridgehead atoms. The molecule has 3 N–H and O–H groups in total. The molecule has 0 saturated carbocycles. The Morgan fingerprint density at radius 2 is 1.85 bits per heavy atom. The molecule has 0 unspecified atom stereocenters. The molecule has 0 aliphatic rings. The van der Waals surface area contributed by atoms with Crippen molar-refractivity contribution in [1.29, 1.82) is 0 Å². The Bertz CT molecular complexity index is 1360. The SMILES string of the molecule is CCCOc1ccccc1NS(=O)(=O)c1ccc(CNC(=O)c2nccc3[nH]ccc23)cc1. The number of carbonyl (C=O) groups excluding carboxylic acids is 1. The Balaban J connectivity index is 1.42. The fourth-order valence-corrected chi connectivity index (χ4v) is 4.38. The molecular weight excluding hydrogens is 440 g/mol. The summed E-state index contributed by atoms with van der Waals surface area (Å²) in [5, 5.41) is 3.57. The topological polar surface area (TPSA) is 113 Å². The predicted molar refractivity (Wildman–Crippen MR) is 127 cm³/mol. The standard InChI is InChI=1S/C24H24N4O4S/c1-2-15-32-22-6-4-3-5-21(22)28-33(30,31)18-9-7-17(8-10-18)16-27-24(29)23-19-11-13-25-20(19)12-14-26-23/h3-14,25,28H,2,15-16H2,1H3,(H,27,29). The van der Waals surface area contributed by atoms with Gasteiger partial charge in [-0.3, -0.25) is 14.5 Å².